The minimum absolute atomic E-state index is 0.150. The SMILES string of the molecule is Cc1nc(-c2cccc(NC(C)c3nccn3C)c2)cs1. The predicted molar refractivity (Wildman–Crippen MR) is 87.5 cm³/mol. The van der Waals surface area contributed by atoms with Crippen LogP contribution in [0.2, 0.25) is 0 Å². The maximum Gasteiger partial charge on any atom is 0.130 e. The summed E-state index contributed by atoms with van der Waals surface area (Å²) < 4.78 is 2.03. The molecule has 4 nitrogen and oxygen atoms in total. The van der Waals surface area contributed by atoms with E-state index >= 15 is 0 Å². The zero-order valence-corrected chi connectivity index (χ0v) is 13.2. The van der Waals surface area contributed by atoms with Gasteiger partial charge in [0.2, 0.25) is 0 Å². The highest BCUT2D eigenvalue weighted by Crippen LogP contribution is 2.26. The highest BCUT2D eigenvalue weighted by atomic mass is 32.1. The standard InChI is InChI=1S/C16H18N4S/c1-11(16-17-7-8-20(16)3)18-14-6-4-5-13(9-14)15-10-21-12(2)19-15/h4-11,18H,1-3H3. The average Bonchev–Trinajstić information content (AvgIpc) is 3.08. The number of anilines is 1. The van der Waals surface area contributed by atoms with E-state index in [1.807, 2.05) is 30.9 Å². The van der Waals surface area contributed by atoms with Gasteiger partial charge >= 0.3 is 0 Å². The molecular formula is C16H18N4S. The third kappa shape index (κ3) is 2.97. The molecule has 0 aliphatic carbocycles. The van der Waals surface area contributed by atoms with Crippen molar-refractivity contribution in [3.05, 3.63) is 52.9 Å². The summed E-state index contributed by atoms with van der Waals surface area (Å²) in [5, 5.41) is 6.68. The molecule has 1 N–H and O–H groups in total. The van der Waals surface area contributed by atoms with Gasteiger partial charge in [0, 0.05) is 36.1 Å². The average molecular weight is 298 g/mol. The molecule has 0 bridgehead atoms. The van der Waals surface area contributed by atoms with Crippen molar-refractivity contribution in [3.8, 4) is 11.3 Å². The predicted octanol–water partition coefficient (Wildman–Crippen LogP) is 4.03. The van der Waals surface area contributed by atoms with Crippen molar-refractivity contribution < 1.29 is 0 Å². The van der Waals surface area contributed by atoms with Crippen molar-refractivity contribution in [3.63, 3.8) is 0 Å². The number of aromatic nitrogens is 3. The molecule has 5 heteroatoms. The van der Waals surface area contributed by atoms with Crippen LogP contribution in [0.3, 0.4) is 0 Å². The highest BCUT2D eigenvalue weighted by molar-refractivity contribution is 7.09. The molecule has 3 rings (SSSR count). The smallest absolute Gasteiger partial charge is 0.130 e. The Kier molecular flexibility index (Phi) is 3.75. The Morgan fingerprint density at radius 1 is 1.33 bits per heavy atom. The van der Waals surface area contributed by atoms with E-state index in [-0.39, 0.29) is 6.04 Å². The van der Waals surface area contributed by atoms with E-state index in [2.05, 4.69) is 51.9 Å². The lowest BCUT2D eigenvalue weighted by Crippen LogP contribution is -2.11. The first kappa shape index (κ1) is 13.8. The molecule has 0 amide bonds. The lowest BCUT2D eigenvalue weighted by atomic mass is 10.1. The summed E-state index contributed by atoms with van der Waals surface area (Å²) in [5.41, 5.74) is 3.25. The number of nitrogens with zero attached hydrogens (tertiary/aromatic N) is 3. The summed E-state index contributed by atoms with van der Waals surface area (Å²) in [5.74, 6) is 1.02. The van der Waals surface area contributed by atoms with E-state index in [0.717, 1.165) is 27.8 Å². The van der Waals surface area contributed by atoms with Crippen LogP contribution in [0, 0.1) is 6.92 Å². The summed E-state index contributed by atoms with van der Waals surface area (Å²) in [6, 6.07) is 8.50. The van der Waals surface area contributed by atoms with Crippen LogP contribution in [-0.2, 0) is 7.05 Å². The van der Waals surface area contributed by atoms with Crippen molar-refractivity contribution in [2.45, 2.75) is 19.9 Å². The van der Waals surface area contributed by atoms with Gasteiger partial charge in [0.15, 0.2) is 0 Å². The third-order valence-electron chi connectivity index (χ3n) is 3.41. The van der Waals surface area contributed by atoms with Gasteiger partial charge in [-0.2, -0.15) is 0 Å². The molecule has 0 fully saturated rings. The summed E-state index contributed by atoms with van der Waals surface area (Å²) in [6.07, 6.45) is 3.78. The Balaban J connectivity index is 1.82. The van der Waals surface area contributed by atoms with Gasteiger partial charge in [-0.15, -0.1) is 11.3 Å². The van der Waals surface area contributed by atoms with E-state index in [1.54, 1.807) is 11.3 Å². The fraction of sp³-hybridized carbons (Fsp3) is 0.250. The Morgan fingerprint density at radius 3 is 2.86 bits per heavy atom. The normalized spacial score (nSPS) is 12.3. The van der Waals surface area contributed by atoms with Crippen molar-refractivity contribution in [2.24, 2.45) is 7.05 Å². The first-order chi connectivity index (χ1) is 10.1. The molecule has 0 spiro atoms. The zero-order valence-electron chi connectivity index (χ0n) is 12.4. The summed E-state index contributed by atoms with van der Waals surface area (Å²) >= 11 is 1.67. The van der Waals surface area contributed by atoms with Gasteiger partial charge < -0.3 is 9.88 Å². The van der Waals surface area contributed by atoms with Gasteiger partial charge in [-0.3, -0.25) is 0 Å². The van der Waals surface area contributed by atoms with Gasteiger partial charge in [-0.05, 0) is 26.0 Å². The Labute approximate surface area is 128 Å². The molecule has 1 aromatic carbocycles. The topological polar surface area (TPSA) is 42.7 Å². The molecule has 21 heavy (non-hydrogen) atoms. The van der Waals surface area contributed by atoms with E-state index in [0.29, 0.717) is 0 Å². The van der Waals surface area contributed by atoms with Crippen molar-refractivity contribution in [2.75, 3.05) is 5.32 Å². The molecule has 3 aromatic rings. The van der Waals surface area contributed by atoms with Crippen molar-refractivity contribution >= 4 is 17.0 Å². The molecular weight excluding hydrogens is 280 g/mol. The van der Waals surface area contributed by atoms with E-state index < -0.39 is 0 Å². The van der Waals surface area contributed by atoms with Crippen molar-refractivity contribution in [1.29, 1.82) is 0 Å². The van der Waals surface area contributed by atoms with Crippen LogP contribution in [0.15, 0.2) is 42.0 Å². The highest BCUT2D eigenvalue weighted by Gasteiger charge is 2.10. The molecule has 0 aliphatic rings. The second kappa shape index (κ2) is 5.69. The number of hydrogen-bond acceptors (Lipinski definition) is 4. The Bertz CT molecular complexity index is 744. The van der Waals surface area contributed by atoms with Gasteiger partial charge in [-0.25, -0.2) is 9.97 Å². The number of nitrogens with one attached hydrogen (secondary N) is 1. The minimum atomic E-state index is 0.150. The van der Waals surface area contributed by atoms with Gasteiger partial charge in [0.05, 0.1) is 16.7 Å². The number of rotatable bonds is 4. The fourth-order valence-corrected chi connectivity index (χ4v) is 3.00. The van der Waals surface area contributed by atoms with Crippen LogP contribution in [0.5, 0.6) is 0 Å². The molecule has 0 saturated carbocycles. The van der Waals surface area contributed by atoms with Crippen LogP contribution >= 0.6 is 11.3 Å². The van der Waals surface area contributed by atoms with Crippen LogP contribution in [-0.4, -0.2) is 14.5 Å². The molecule has 2 heterocycles. The molecule has 0 aliphatic heterocycles. The van der Waals surface area contributed by atoms with Crippen LogP contribution in [0.1, 0.15) is 23.8 Å². The van der Waals surface area contributed by atoms with E-state index in [1.165, 1.54) is 0 Å². The minimum Gasteiger partial charge on any atom is -0.375 e. The van der Waals surface area contributed by atoms with Crippen LogP contribution in [0.4, 0.5) is 5.69 Å². The van der Waals surface area contributed by atoms with Crippen LogP contribution in [0.25, 0.3) is 11.3 Å². The molecule has 108 valence electrons. The largest absolute Gasteiger partial charge is 0.375 e. The fourth-order valence-electron chi connectivity index (χ4n) is 2.37. The number of thiazole rings is 1. The summed E-state index contributed by atoms with van der Waals surface area (Å²) in [6.45, 7) is 4.14. The zero-order chi connectivity index (χ0) is 14.8. The first-order valence-corrected chi connectivity index (χ1v) is 7.78. The third-order valence-corrected chi connectivity index (χ3v) is 4.18. The Morgan fingerprint density at radius 2 is 2.19 bits per heavy atom. The number of aryl methyl sites for hydroxylation is 2. The maximum absolute atomic E-state index is 4.54. The Hall–Kier alpha value is -2.14. The summed E-state index contributed by atoms with van der Waals surface area (Å²) in [4.78, 5) is 8.93. The maximum atomic E-state index is 4.54. The molecule has 0 saturated heterocycles. The molecule has 0 radical (unpaired) electrons. The van der Waals surface area contributed by atoms with Crippen molar-refractivity contribution in [1.82, 2.24) is 14.5 Å². The molecule has 2 aromatic heterocycles. The van der Waals surface area contributed by atoms with Gasteiger partial charge in [-0.1, -0.05) is 12.1 Å². The second-order valence-corrected chi connectivity index (χ2v) is 6.16. The monoisotopic (exact) mass is 298 g/mol. The second-order valence-electron chi connectivity index (χ2n) is 5.09. The number of imidazole rings is 1. The van der Waals surface area contributed by atoms with E-state index in [4.69, 9.17) is 0 Å². The molecule has 1 unspecified atom stereocenters. The number of hydrogen-bond donors (Lipinski definition) is 1. The lowest BCUT2D eigenvalue weighted by molar-refractivity contribution is 0.722. The quantitative estimate of drug-likeness (QED) is 0.791. The van der Waals surface area contributed by atoms with Gasteiger partial charge in [0.25, 0.3) is 0 Å². The first-order valence-electron chi connectivity index (χ1n) is 6.90. The van der Waals surface area contributed by atoms with E-state index in [9.17, 15) is 0 Å². The number of benzene rings is 1. The molecule has 1 atom stereocenters. The lowest BCUT2D eigenvalue weighted by Gasteiger charge is -2.15. The van der Waals surface area contributed by atoms with Gasteiger partial charge in [0.1, 0.15) is 5.82 Å². The summed E-state index contributed by atoms with van der Waals surface area (Å²) in [7, 11) is 2.01. The van der Waals surface area contributed by atoms with Crippen LogP contribution < -0.4 is 5.32 Å².